The quantitative estimate of drug-likeness (QED) is 0.335. The molecule has 0 spiro atoms. The van der Waals surface area contributed by atoms with Crippen molar-refractivity contribution in [1.82, 2.24) is 0 Å². The molecule has 0 saturated heterocycles. The summed E-state index contributed by atoms with van der Waals surface area (Å²) in [4.78, 5) is 33.4. The topological polar surface area (TPSA) is 60.4 Å². The van der Waals surface area contributed by atoms with Gasteiger partial charge in [-0.15, -0.1) is 0 Å². The number of carbonyl (C=O) groups is 3. The number of esters is 1. The fourth-order valence-corrected chi connectivity index (χ4v) is 1.36. The maximum Gasteiger partial charge on any atom is 0.315 e. The smallest absolute Gasteiger partial charge is 0.315 e. The van der Waals surface area contributed by atoms with Crippen LogP contribution in [0.15, 0.2) is 18.2 Å². The van der Waals surface area contributed by atoms with Crippen molar-refractivity contribution < 1.29 is 19.1 Å². The second kappa shape index (κ2) is 6.69. The van der Waals surface area contributed by atoms with Crippen LogP contribution >= 0.6 is 0 Å². The summed E-state index contributed by atoms with van der Waals surface area (Å²) in [7, 11) is 0. The Hall–Kier alpha value is -1.97. The van der Waals surface area contributed by atoms with E-state index in [0.717, 1.165) is 6.42 Å². The Bertz CT molecular complexity index is 463. The Kier molecular flexibility index (Phi) is 5.24. The van der Waals surface area contributed by atoms with Gasteiger partial charge in [-0.2, -0.15) is 0 Å². The molecule has 0 atom stereocenters. The molecule has 4 nitrogen and oxygen atoms in total. The van der Waals surface area contributed by atoms with Crippen LogP contribution in [0.5, 0.6) is 5.75 Å². The summed E-state index contributed by atoms with van der Waals surface area (Å²) >= 11 is 0. The Morgan fingerprint density at radius 2 is 2.06 bits per heavy atom. The number of Topliss-reactive ketones (excluding diaryl/α,β-unsaturated/α-hetero) is 1. The predicted octanol–water partition coefficient (Wildman–Crippen LogP) is 2.61. The molecule has 1 aromatic carbocycles. The van der Waals surface area contributed by atoms with Crippen molar-refractivity contribution in [2.24, 2.45) is 0 Å². The molecule has 0 N–H and O–H groups in total. The first kappa shape index (κ1) is 14.1. The van der Waals surface area contributed by atoms with E-state index >= 15 is 0 Å². The van der Waals surface area contributed by atoms with E-state index < -0.39 is 5.97 Å². The third-order valence-corrected chi connectivity index (χ3v) is 2.35. The molecule has 0 bridgehead atoms. The first-order valence-corrected chi connectivity index (χ1v) is 5.73. The standard InChI is InChI=1S/C14H15O4/c1-3-4-5-14(17)18-13-7-6-11(10(2)16)8-12(13)9-15/h5-9H,3-4H2,1-2H3. The van der Waals surface area contributed by atoms with Gasteiger partial charge >= 0.3 is 5.97 Å². The van der Waals surface area contributed by atoms with Crippen molar-refractivity contribution in [2.75, 3.05) is 0 Å². The van der Waals surface area contributed by atoms with Crippen LogP contribution in [0.1, 0.15) is 47.4 Å². The number of hydrogen-bond acceptors (Lipinski definition) is 4. The van der Waals surface area contributed by atoms with Crippen molar-refractivity contribution in [3.63, 3.8) is 0 Å². The van der Waals surface area contributed by atoms with Gasteiger partial charge in [-0.25, -0.2) is 0 Å². The zero-order valence-corrected chi connectivity index (χ0v) is 10.4. The molecule has 0 aromatic heterocycles. The van der Waals surface area contributed by atoms with Crippen LogP contribution in [0.4, 0.5) is 0 Å². The number of carbonyl (C=O) groups excluding carboxylic acids is 3. The van der Waals surface area contributed by atoms with E-state index in [4.69, 9.17) is 4.74 Å². The summed E-state index contributed by atoms with van der Waals surface area (Å²) in [6, 6.07) is 4.40. The van der Waals surface area contributed by atoms with Crippen LogP contribution in [0.3, 0.4) is 0 Å². The first-order valence-electron chi connectivity index (χ1n) is 5.73. The lowest BCUT2D eigenvalue weighted by Gasteiger charge is -2.07. The number of hydrogen-bond donors (Lipinski definition) is 0. The lowest BCUT2D eigenvalue weighted by atomic mass is 10.1. The molecule has 18 heavy (non-hydrogen) atoms. The van der Waals surface area contributed by atoms with Crippen LogP contribution in [0.2, 0.25) is 0 Å². The molecule has 0 fully saturated rings. The predicted molar refractivity (Wildman–Crippen MR) is 66.7 cm³/mol. The second-order valence-electron chi connectivity index (χ2n) is 3.84. The summed E-state index contributed by atoms with van der Waals surface area (Å²) in [5, 5.41) is 0. The lowest BCUT2D eigenvalue weighted by Crippen LogP contribution is -2.10. The van der Waals surface area contributed by atoms with Crippen LogP contribution in [0, 0.1) is 6.42 Å². The molecule has 1 radical (unpaired) electrons. The van der Waals surface area contributed by atoms with E-state index in [1.54, 1.807) is 0 Å². The van der Waals surface area contributed by atoms with Crippen molar-refractivity contribution >= 4 is 18.0 Å². The second-order valence-corrected chi connectivity index (χ2v) is 3.84. The normalized spacial score (nSPS) is 9.89. The monoisotopic (exact) mass is 247 g/mol. The number of rotatable bonds is 6. The SMILES string of the molecule is CCC[CH]C(=O)Oc1ccc(C(C)=O)cc1C=O. The van der Waals surface area contributed by atoms with Crippen molar-refractivity contribution in [3.8, 4) is 5.75 Å². The molecule has 0 aliphatic rings. The maximum absolute atomic E-state index is 11.4. The Morgan fingerprint density at radius 1 is 1.33 bits per heavy atom. The van der Waals surface area contributed by atoms with Gasteiger partial charge in [0.2, 0.25) is 0 Å². The molecule has 4 heteroatoms. The van der Waals surface area contributed by atoms with Gasteiger partial charge in [0.05, 0.1) is 12.0 Å². The summed E-state index contributed by atoms with van der Waals surface area (Å²) in [6.45, 7) is 3.35. The molecule has 0 amide bonds. The molecule has 0 aliphatic heterocycles. The van der Waals surface area contributed by atoms with E-state index in [-0.39, 0.29) is 17.1 Å². The highest BCUT2D eigenvalue weighted by molar-refractivity contribution is 5.96. The van der Waals surface area contributed by atoms with Gasteiger partial charge in [-0.05, 0) is 31.5 Å². The van der Waals surface area contributed by atoms with Crippen molar-refractivity contribution in [2.45, 2.75) is 26.7 Å². The van der Waals surface area contributed by atoms with E-state index in [1.807, 2.05) is 6.92 Å². The Morgan fingerprint density at radius 3 is 2.61 bits per heavy atom. The van der Waals surface area contributed by atoms with Crippen LogP contribution in [-0.2, 0) is 4.79 Å². The number of benzene rings is 1. The van der Waals surface area contributed by atoms with Gasteiger partial charge in [0, 0.05) is 5.56 Å². The van der Waals surface area contributed by atoms with E-state index in [1.165, 1.54) is 31.5 Å². The lowest BCUT2D eigenvalue weighted by molar-refractivity contribution is -0.130. The van der Waals surface area contributed by atoms with E-state index in [9.17, 15) is 14.4 Å². The largest absolute Gasteiger partial charge is 0.426 e. The minimum atomic E-state index is -0.490. The first-order chi connectivity index (χ1) is 8.58. The number of aldehydes is 1. The zero-order chi connectivity index (χ0) is 13.5. The van der Waals surface area contributed by atoms with Gasteiger partial charge in [-0.1, -0.05) is 13.3 Å². The van der Waals surface area contributed by atoms with E-state index in [2.05, 4.69) is 0 Å². The molecular weight excluding hydrogens is 232 g/mol. The highest BCUT2D eigenvalue weighted by Gasteiger charge is 2.11. The molecule has 0 saturated carbocycles. The minimum Gasteiger partial charge on any atom is -0.426 e. The molecule has 0 unspecified atom stereocenters. The minimum absolute atomic E-state index is 0.145. The maximum atomic E-state index is 11.4. The third-order valence-electron chi connectivity index (χ3n) is 2.35. The number of ketones is 1. The summed E-state index contributed by atoms with van der Waals surface area (Å²) in [6.07, 6.45) is 3.46. The van der Waals surface area contributed by atoms with Crippen molar-refractivity contribution in [3.05, 3.63) is 35.7 Å². The average Bonchev–Trinajstić information content (AvgIpc) is 2.36. The van der Waals surface area contributed by atoms with Gasteiger partial charge in [0.25, 0.3) is 0 Å². The highest BCUT2D eigenvalue weighted by Crippen LogP contribution is 2.19. The average molecular weight is 247 g/mol. The zero-order valence-electron chi connectivity index (χ0n) is 10.4. The molecule has 0 aliphatic carbocycles. The highest BCUT2D eigenvalue weighted by atomic mass is 16.5. The number of ether oxygens (including phenoxy) is 1. The van der Waals surface area contributed by atoms with Gasteiger partial charge in [-0.3, -0.25) is 14.4 Å². The van der Waals surface area contributed by atoms with E-state index in [0.29, 0.717) is 18.3 Å². The fraction of sp³-hybridized carbons (Fsp3) is 0.286. The number of unbranched alkanes of at least 4 members (excludes halogenated alkanes) is 1. The Labute approximate surface area is 106 Å². The van der Waals surface area contributed by atoms with Gasteiger partial charge < -0.3 is 4.74 Å². The summed E-state index contributed by atoms with van der Waals surface area (Å²) in [5.41, 5.74) is 0.607. The van der Waals surface area contributed by atoms with Crippen molar-refractivity contribution in [1.29, 1.82) is 0 Å². The molecule has 1 rings (SSSR count). The molecule has 95 valence electrons. The van der Waals surface area contributed by atoms with Crippen LogP contribution in [0.25, 0.3) is 0 Å². The Balaban J connectivity index is 2.86. The third kappa shape index (κ3) is 3.80. The van der Waals surface area contributed by atoms with Crippen LogP contribution in [-0.4, -0.2) is 18.0 Å². The summed E-state index contributed by atoms with van der Waals surface area (Å²) < 4.78 is 5.04. The van der Waals surface area contributed by atoms with Gasteiger partial charge in [0.1, 0.15) is 5.75 Å². The summed E-state index contributed by atoms with van der Waals surface area (Å²) in [5.74, 6) is -0.462. The fourth-order valence-electron chi connectivity index (χ4n) is 1.36. The molecular formula is C14H15O4. The molecule has 1 aromatic rings. The van der Waals surface area contributed by atoms with Crippen LogP contribution < -0.4 is 4.74 Å². The molecule has 0 heterocycles. The van der Waals surface area contributed by atoms with Gasteiger partial charge in [0.15, 0.2) is 12.1 Å².